The highest BCUT2D eigenvalue weighted by Gasteiger charge is 2.26. The van der Waals surface area contributed by atoms with Crippen LogP contribution < -0.4 is 5.73 Å². The molecule has 1 saturated carbocycles. The zero-order valence-electron chi connectivity index (χ0n) is 11.7. The van der Waals surface area contributed by atoms with E-state index in [0.29, 0.717) is 17.6 Å². The first-order valence-electron chi connectivity index (χ1n) is 7.31. The zero-order chi connectivity index (χ0) is 13.9. The monoisotopic (exact) mass is 272 g/mol. The standard InChI is InChI=1S/C15H20N4O/c1-2-10-4-3-5-11(8-10)14-18-15(20-19-14)12-6-7-17-13(16)9-12/h6-7,9-11H,2-5,8H2,1H3,(H2,16,17). The number of rotatable bonds is 3. The smallest absolute Gasteiger partial charge is 0.258 e. The molecule has 2 aromatic rings. The van der Waals surface area contributed by atoms with E-state index in [4.69, 9.17) is 10.3 Å². The summed E-state index contributed by atoms with van der Waals surface area (Å²) in [5.74, 6) is 3.07. The van der Waals surface area contributed by atoms with Gasteiger partial charge in [-0.25, -0.2) is 4.98 Å². The number of nitrogens with two attached hydrogens (primary N) is 1. The van der Waals surface area contributed by atoms with Crippen molar-refractivity contribution in [3.8, 4) is 11.5 Å². The van der Waals surface area contributed by atoms with Crippen LogP contribution in [-0.4, -0.2) is 15.1 Å². The Morgan fingerprint density at radius 2 is 2.30 bits per heavy atom. The fourth-order valence-electron chi connectivity index (χ4n) is 3.00. The number of hydrogen-bond donors (Lipinski definition) is 1. The molecule has 5 heteroatoms. The van der Waals surface area contributed by atoms with Crippen LogP contribution in [0.5, 0.6) is 0 Å². The van der Waals surface area contributed by atoms with Crippen LogP contribution in [0.1, 0.15) is 50.8 Å². The molecule has 0 spiro atoms. The van der Waals surface area contributed by atoms with E-state index in [1.807, 2.05) is 6.07 Å². The van der Waals surface area contributed by atoms with Crippen molar-refractivity contribution in [3.63, 3.8) is 0 Å². The largest absolute Gasteiger partial charge is 0.384 e. The summed E-state index contributed by atoms with van der Waals surface area (Å²) in [6.07, 6.45) is 7.82. The van der Waals surface area contributed by atoms with Crippen molar-refractivity contribution in [3.05, 3.63) is 24.2 Å². The van der Waals surface area contributed by atoms with Crippen molar-refractivity contribution in [2.75, 3.05) is 5.73 Å². The molecular formula is C15H20N4O. The average molecular weight is 272 g/mol. The summed E-state index contributed by atoms with van der Waals surface area (Å²) in [4.78, 5) is 8.52. The summed E-state index contributed by atoms with van der Waals surface area (Å²) >= 11 is 0. The Morgan fingerprint density at radius 3 is 3.10 bits per heavy atom. The van der Waals surface area contributed by atoms with Gasteiger partial charge in [-0.15, -0.1) is 0 Å². The molecule has 20 heavy (non-hydrogen) atoms. The SMILES string of the molecule is CCC1CCCC(c2noc(-c3ccnc(N)c3)n2)C1. The lowest BCUT2D eigenvalue weighted by molar-refractivity contribution is 0.300. The van der Waals surface area contributed by atoms with Gasteiger partial charge in [0.2, 0.25) is 0 Å². The molecular weight excluding hydrogens is 252 g/mol. The third-order valence-corrected chi connectivity index (χ3v) is 4.20. The van der Waals surface area contributed by atoms with Crippen molar-refractivity contribution in [2.24, 2.45) is 5.92 Å². The van der Waals surface area contributed by atoms with E-state index < -0.39 is 0 Å². The van der Waals surface area contributed by atoms with E-state index >= 15 is 0 Å². The number of pyridine rings is 1. The molecule has 0 bridgehead atoms. The van der Waals surface area contributed by atoms with Crippen LogP contribution in [0.25, 0.3) is 11.5 Å². The summed E-state index contributed by atoms with van der Waals surface area (Å²) < 4.78 is 5.38. The van der Waals surface area contributed by atoms with E-state index in [-0.39, 0.29) is 0 Å². The van der Waals surface area contributed by atoms with E-state index in [1.54, 1.807) is 12.3 Å². The summed E-state index contributed by atoms with van der Waals surface area (Å²) in [5, 5.41) is 4.17. The second-order valence-corrected chi connectivity index (χ2v) is 5.56. The van der Waals surface area contributed by atoms with Gasteiger partial charge >= 0.3 is 0 Å². The van der Waals surface area contributed by atoms with Gasteiger partial charge in [-0.05, 0) is 30.9 Å². The Bertz CT molecular complexity index is 581. The molecule has 0 amide bonds. The van der Waals surface area contributed by atoms with E-state index in [0.717, 1.165) is 23.7 Å². The number of aromatic nitrogens is 3. The lowest BCUT2D eigenvalue weighted by Gasteiger charge is -2.26. The molecule has 2 atom stereocenters. The van der Waals surface area contributed by atoms with Crippen LogP contribution in [0.15, 0.2) is 22.9 Å². The summed E-state index contributed by atoms with van der Waals surface area (Å²) in [6, 6.07) is 3.59. The van der Waals surface area contributed by atoms with E-state index in [1.165, 1.54) is 25.7 Å². The molecule has 2 heterocycles. The van der Waals surface area contributed by atoms with Crippen molar-refractivity contribution in [2.45, 2.75) is 44.9 Å². The van der Waals surface area contributed by atoms with E-state index in [9.17, 15) is 0 Å². The van der Waals surface area contributed by atoms with Gasteiger partial charge in [-0.1, -0.05) is 31.3 Å². The first-order chi connectivity index (χ1) is 9.76. The minimum atomic E-state index is 0.436. The van der Waals surface area contributed by atoms with Crippen molar-refractivity contribution in [1.82, 2.24) is 15.1 Å². The van der Waals surface area contributed by atoms with Gasteiger partial charge in [0.25, 0.3) is 5.89 Å². The van der Waals surface area contributed by atoms with Gasteiger partial charge in [-0.2, -0.15) is 4.98 Å². The van der Waals surface area contributed by atoms with Crippen LogP contribution >= 0.6 is 0 Å². The normalized spacial score (nSPS) is 22.9. The Balaban J connectivity index is 1.80. The van der Waals surface area contributed by atoms with Crippen molar-refractivity contribution in [1.29, 1.82) is 0 Å². The third kappa shape index (κ3) is 2.66. The van der Waals surface area contributed by atoms with Crippen LogP contribution in [-0.2, 0) is 0 Å². The van der Waals surface area contributed by atoms with Gasteiger partial charge in [-0.3, -0.25) is 0 Å². The summed E-state index contributed by atoms with van der Waals surface area (Å²) in [5.41, 5.74) is 6.51. The Labute approximate surface area is 118 Å². The molecule has 5 nitrogen and oxygen atoms in total. The number of hydrogen-bond acceptors (Lipinski definition) is 5. The molecule has 2 unspecified atom stereocenters. The molecule has 0 aromatic carbocycles. The fraction of sp³-hybridized carbons (Fsp3) is 0.533. The molecule has 0 saturated heterocycles. The molecule has 1 fully saturated rings. The molecule has 0 radical (unpaired) electrons. The predicted octanol–water partition coefficient (Wildman–Crippen LogP) is 3.40. The minimum absolute atomic E-state index is 0.436. The summed E-state index contributed by atoms with van der Waals surface area (Å²) in [6.45, 7) is 2.26. The van der Waals surface area contributed by atoms with Crippen LogP contribution in [0.3, 0.4) is 0 Å². The Hall–Kier alpha value is -1.91. The number of anilines is 1. The van der Waals surface area contributed by atoms with Gasteiger partial charge in [0.15, 0.2) is 5.82 Å². The highest BCUT2D eigenvalue weighted by atomic mass is 16.5. The second-order valence-electron chi connectivity index (χ2n) is 5.56. The second kappa shape index (κ2) is 5.61. The van der Waals surface area contributed by atoms with Gasteiger partial charge in [0.05, 0.1) is 0 Å². The van der Waals surface area contributed by atoms with E-state index in [2.05, 4.69) is 22.0 Å². The average Bonchev–Trinajstić information content (AvgIpc) is 2.97. The van der Waals surface area contributed by atoms with Crippen molar-refractivity contribution < 1.29 is 4.52 Å². The third-order valence-electron chi connectivity index (χ3n) is 4.20. The van der Waals surface area contributed by atoms with Crippen LogP contribution in [0.2, 0.25) is 0 Å². The molecule has 106 valence electrons. The van der Waals surface area contributed by atoms with Gasteiger partial charge < -0.3 is 10.3 Å². The maximum atomic E-state index is 5.68. The van der Waals surface area contributed by atoms with Gasteiger partial charge in [0.1, 0.15) is 5.82 Å². The number of nitrogens with zero attached hydrogens (tertiary/aromatic N) is 3. The highest BCUT2D eigenvalue weighted by Crippen LogP contribution is 2.36. The molecule has 2 aromatic heterocycles. The van der Waals surface area contributed by atoms with Crippen LogP contribution in [0.4, 0.5) is 5.82 Å². The number of nitrogen functional groups attached to an aromatic ring is 1. The molecule has 2 N–H and O–H groups in total. The molecule has 3 rings (SSSR count). The van der Waals surface area contributed by atoms with Crippen LogP contribution in [0, 0.1) is 5.92 Å². The molecule has 1 aliphatic rings. The predicted molar refractivity (Wildman–Crippen MR) is 76.9 cm³/mol. The first kappa shape index (κ1) is 13.1. The summed E-state index contributed by atoms with van der Waals surface area (Å²) in [7, 11) is 0. The Morgan fingerprint density at radius 1 is 1.40 bits per heavy atom. The fourth-order valence-corrected chi connectivity index (χ4v) is 3.00. The van der Waals surface area contributed by atoms with Crippen molar-refractivity contribution >= 4 is 5.82 Å². The molecule has 0 aliphatic heterocycles. The lowest BCUT2D eigenvalue weighted by atomic mass is 9.80. The van der Waals surface area contributed by atoms with Gasteiger partial charge in [0, 0.05) is 17.7 Å². The molecule has 1 aliphatic carbocycles. The lowest BCUT2D eigenvalue weighted by Crippen LogP contribution is -2.14. The first-order valence-corrected chi connectivity index (χ1v) is 7.31. The minimum Gasteiger partial charge on any atom is -0.384 e. The maximum Gasteiger partial charge on any atom is 0.258 e. The highest BCUT2D eigenvalue weighted by molar-refractivity contribution is 5.56. The quantitative estimate of drug-likeness (QED) is 0.926. The topological polar surface area (TPSA) is 77.8 Å². The zero-order valence-corrected chi connectivity index (χ0v) is 11.7. The Kier molecular flexibility index (Phi) is 3.67. The maximum absolute atomic E-state index is 5.68.